The van der Waals surface area contributed by atoms with Crippen LogP contribution in [-0.4, -0.2) is 27.7 Å². The quantitative estimate of drug-likeness (QED) is 0.122. The first-order chi connectivity index (χ1) is 33.8. The van der Waals surface area contributed by atoms with Crippen LogP contribution in [0.5, 0.6) is 5.75 Å². The van der Waals surface area contributed by atoms with E-state index < -0.39 is 8.07 Å². The molecule has 0 saturated carbocycles. The van der Waals surface area contributed by atoms with Gasteiger partial charge in [-0.1, -0.05) is 228 Å². The summed E-state index contributed by atoms with van der Waals surface area (Å²) in [7, 11) is -1.55. The molecule has 2 heterocycles. The number of nitrogens with zero attached hydrogens (tertiary/aromatic N) is 3. The zero-order valence-electron chi connectivity index (χ0n) is 45.6. The molecule has 0 unspecified atom stereocenters. The average Bonchev–Trinajstić information content (AvgIpc) is 3.72. The summed E-state index contributed by atoms with van der Waals surface area (Å²) < 4.78 is 2.29. The SMILES string of the molecule is CC(C)(C)c1cc(-c2cc(-c3ccc(-c4ccccc4[Si](C)(C)C)cc3)ccn2)[c-]c(-c2cccc3c2nc(-c2cc(C(C)(C)C)cc(C(C)(C)C)c2O)n3-c2ccc(C(C)(C)C)cc2-c2ccccc2)c1.[Pt]. The number of aromatic hydroxyl groups is 1. The van der Waals surface area contributed by atoms with Crippen LogP contribution in [0.3, 0.4) is 0 Å². The van der Waals surface area contributed by atoms with E-state index in [1.165, 1.54) is 27.4 Å². The summed E-state index contributed by atoms with van der Waals surface area (Å²) in [5.74, 6) is 0.936. The number of aromatic nitrogens is 3. The van der Waals surface area contributed by atoms with Gasteiger partial charge in [-0.2, -0.15) is 0 Å². The third-order valence-corrected chi connectivity index (χ3v) is 16.3. The van der Waals surface area contributed by atoms with Crippen LogP contribution < -0.4 is 5.19 Å². The number of phenolic OH excluding ortho intramolecular Hbond substituents is 1. The van der Waals surface area contributed by atoms with E-state index in [0.717, 1.165) is 72.5 Å². The zero-order chi connectivity index (χ0) is 51.7. The van der Waals surface area contributed by atoms with E-state index in [-0.39, 0.29) is 48.5 Å². The summed E-state index contributed by atoms with van der Waals surface area (Å²) in [5.41, 5.74) is 17.8. The largest absolute Gasteiger partial charge is 0.507 e. The van der Waals surface area contributed by atoms with Crippen molar-refractivity contribution in [1.82, 2.24) is 14.5 Å². The van der Waals surface area contributed by atoms with Gasteiger partial charge in [0.15, 0.2) is 0 Å². The molecular formula is C67H72N3OPtSi-. The van der Waals surface area contributed by atoms with Gasteiger partial charge >= 0.3 is 0 Å². The second-order valence-electron chi connectivity index (χ2n) is 25.0. The fraction of sp³-hybridized carbons (Fsp3) is 0.284. The summed E-state index contributed by atoms with van der Waals surface area (Å²) in [4.78, 5) is 10.7. The Bertz CT molecular complexity index is 3480. The predicted octanol–water partition coefficient (Wildman–Crippen LogP) is 17.7. The van der Waals surface area contributed by atoms with E-state index in [2.05, 4.69) is 265 Å². The standard InChI is InChI=1S/C67H72N3OSi.Pt/c1-64(2,3)49-32-33-58(54(40-49)44-22-17-16-18-23-44)70-59-26-21-25-53(61(59)69-63(70)55-41-51(66(7,8)9)42-56(62(55)71)67(10,11)12)47-36-48(38-50(37-47)65(4,5)6)57-39-46(34-35-68-57)43-28-30-45(31-29-43)52-24-19-20-27-60(52)72(13,14)15;/h16-35,37-42,71H,1-15H3;/q-1;. The van der Waals surface area contributed by atoms with Crippen LogP contribution in [-0.2, 0) is 42.7 Å². The molecule has 0 bridgehead atoms. The third kappa shape index (κ3) is 10.8. The van der Waals surface area contributed by atoms with Gasteiger partial charge in [0, 0.05) is 44.1 Å². The predicted molar refractivity (Wildman–Crippen MR) is 310 cm³/mol. The molecule has 4 nitrogen and oxygen atoms in total. The number of phenols is 1. The molecule has 0 fully saturated rings. The van der Waals surface area contributed by atoms with Gasteiger partial charge in [-0.05, 0) is 90.9 Å². The van der Waals surface area contributed by atoms with Gasteiger partial charge in [0.25, 0.3) is 0 Å². The average molecular weight is 1160 g/mol. The summed E-state index contributed by atoms with van der Waals surface area (Å²) in [5, 5.41) is 14.1. The summed E-state index contributed by atoms with van der Waals surface area (Å²) in [6.45, 7) is 34.0. The van der Waals surface area contributed by atoms with Crippen molar-refractivity contribution in [2.24, 2.45) is 0 Å². The fourth-order valence-electron chi connectivity index (χ4n) is 9.87. The zero-order valence-corrected chi connectivity index (χ0v) is 48.9. The van der Waals surface area contributed by atoms with E-state index in [1.54, 1.807) is 0 Å². The molecule has 0 saturated heterocycles. The van der Waals surface area contributed by atoms with Crippen molar-refractivity contribution >= 4 is 24.3 Å². The van der Waals surface area contributed by atoms with Gasteiger partial charge in [0.1, 0.15) is 11.6 Å². The Balaban J connectivity index is 0.00000711. The molecule has 0 atom stereocenters. The number of rotatable bonds is 8. The van der Waals surface area contributed by atoms with Crippen molar-refractivity contribution in [1.29, 1.82) is 0 Å². The maximum absolute atomic E-state index is 12.6. The Labute approximate surface area is 451 Å². The minimum Gasteiger partial charge on any atom is -0.507 e. The minimum atomic E-state index is -1.55. The van der Waals surface area contributed by atoms with Gasteiger partial charge in [0.05, 0.1) is 30.4 Å². The molecule has 2 aromatic heterocycles. The number of para-hydroxylation sites is 1. The second-order valence-corrected chi connectivity index (χ2v) is 30.0. The Hall–Kier alpha value is -6.13. The number of imidazole rings is 1. The Kier molecular flexibility index (Phi) is 14.3. The van der Waals surface area contributed by atoms with Crippen LogP contribution >= 0.6 is 0 Å². The maximum atomic E-state index is 12.6. The smallest absolute Gasteiger partial charge is 0.148 e. The number of pyridine rings is 1. The van der Waals surface area contributed by atoms with Crippen molar-refractivity contribution in [3.05, 3.63) is 186 Å². The summed E-state index contributed by atoms with van der Waals surface area (Å²) >= 11 is 0. The minimum absolute atomic E-state index is 0. The van der Waals surface area contributed by atoms with E-state index >= 15 is 0 Å². The van der Waals surface area contributed by atoms with Crippen LogP contribution in [0.15, 0.2) is 158 Å². The van der Waals surface area contributed by atoms with Crippen LogP contribution in [0.4, 0.5) is 0 Å². The first-order valence-electron chi connectivity index (χ1n) is 25.6. The van der Waals surface area contributed by atoms with Crippen molar-refractivity contribution in [2.75, 3.05) is 0 Å². The van der Waals surface area contributed by atoms with Crippen molar-refractivity contribution in [2.45, 2.75) is 124 Å². The molecule has 7 aromatic carbocycles. The maximum Gasteiger partial charge on any atom is 0.148 e. The summed E-state index contributed by atoms with van der Waals surface area (Å²) in [6.07, 6.45) is 1.92. The molecule has 0 aliphatic carbocycles. The van der Waals surface area contributed by atoms with E-state index in [0.29, 0.717) is 11.4 Å². The molecule has 6 heteroatoms. The molecular weight excluding hydrogens is 1090 g/mol. The molecule has 73 heavy (non-hydrogen) atoms. The van der Waals surface area contributed by atoms with E-state index in [4.69, 9.17) is 9.97 Å². The van der Waals surface area contributed by atoms with Crippen molar-refractivity contribution < 1.29 is 26.2 Å². The molecule has 376 valence electrons. The third-order valence-electron chi connectivity index (χ3n) is 14.2. The first-order valence-corrected chi connectivity index (χ1v) is 29.1. The van der Waals surface area contributed by atoms with Crippen LogP contribution in [0.1, 0.15) is 105 Å². The molecule has 1 N–H and O–H groups in total. The van der Waals surface area contributed by atoms with E-state index in [1.807, 2.05) is 6.20 Å². The first kappa shape index (κ1) is 53.2. The number of hydrogen-bond acceptors (Lipinski definition) is 3. The van der Waals surface area contributed by atoms with Crippen molar-refractivity contribution in [3.8, 4) is 78.6 Å². The fourth-order valence-corrected chi connectivity index (χ4v) is 11.5. The molecule has 0 aliphatic rings. The Morgan fingerprint density at radius 1 is 0.479 bits per heavy atom. The molecule has 0 amide bonds. The topological polar surface area (TPSA) is 50.9 Å². The normalized spacial score (nSPS) is 12.5. The van der Waals surface area contributed by atoms with Gasteiger partial charge < -0.3 is 5.11 Å². The van der Waals surface area contributed by atoms with Crippen LogP contribution in [0.2, 0.25) is 19.6 Å². The molecule has 9 rings (SSSR count). The molecule has 0 spiro atoms. The number of hydrogen-bond donors (Lipinski definition) is 1. The number of benzene rings is 7. The monoisotopic (exact) mass is 1160 g/mol. The van der Waals surface area contributed by atoms with Crippen LogP contribution in [0.25, 0.3) is 83.9 Å². The summed E-state index contributed by atoms with van der Waals surface area (Å²) in [6, 6.07) is 58.9. The van der Waals surface area contributed by atoms with Gasteiger partial charge in [-0.25, -0.2) is 4.98 Å². The van der Waals surface area contributed by atoms with Gasteiger partial charge in [0.2, 0.25) is 0 Å². The Morgan fingerprint density at radius 2 is 1.05 bits per heavy atom. The van der Waals surface area contributed by atoms with Crippen LogP contribution in [0, 0.1) is 6.07 Å². The van der Waals surface area contributed by atoms with Gasteiger partial charge in [-0.3, -0.25) is 9.55 Å². The van der Waals surface area contributed by atoms with E-state index in [9.17, 15) is 5.11 Å². The second kappa shape index (κ2) is 19.6. The molecule has 0 radical (unpaired) electrons. The number of fused-ring (bicyclic) bond motifs is 1. The van der Waals surface area contributed by atoms with Crippen molar-refractivity contribution in [3.63, 3.8) is 0 Å². The Morgan fingerprint density at radius 3 is 1.70 bits per heavy atom. The molecule has 9 aromatic rings. The molecule has 0 aliphatic heterocycles. The van der Waals surface area contributed by atoms with Gasteiger partial charge in [-0.15, -0.1) is 29.3 Å².